The molecule has 0 unspecified atom stereocenters. The summed E-state index contributed by atoms with van der Waals surface area (Å²) in [6.07, 6.45) is 7.61. The van der Waals surface area contributed by atoms with Crippen molar-refractivity contribution in [2.75, 3.05) is 3.11 Å². The molecule has 1 aromatic heterocycles. The van der Waals surface area contributed by atoms with Crippen LogP contribution in [0, 0.1) is 9.39 Å². The molecule has 1 fully saturated rings. The third-order valence-corrected chi connectivity index (χ3v) is 7.93. The van der Waals surface area contributed by atoms with Gasteiger partial charge in [0.1, 0.15) is 0 Å². The van der Waals surface area contributed by atoms with Crippen molar-refractivity contribution in [2.24, 2.45) is 0 Å². The van der Waals surface area contributed by atoms with Crippen LogP contribution < -0.4 is 24.6 Å². The van der Waals surface area contributed by atoms with Crippen molar-refractivity contribution in [3.05, 3.63) is 69.7 Å². The van der Waals surface area contributed by atoms with Crippen LogP contribution in [0.1, 0.15) is 50.1 Å². The second-order valence-electron chi connectivity index (χ2n) is 7.19. The van der Waals surface area contributed by atoms with Crippen molar-refractivity contribution >= 4 is 11.5 Å². The number of halogens is 2. The minimum atomic E-state index is -0.660. The average molecular weight is 492 g/mol. The summed E-state index contributed by atoms with van der Waals surface area (Å²) in [6.45, 7) is 0. The molecule has 6 heteroatoms. The van der Waals surface area contributed by atoms with Gasteiger partial charge in [-0.3, -0.25) is 0 Å². The molecule has 0 bridgehead atoms. The average Bonchev–Trinajstić information content (AvgIpc) is 3.02. The molecule has 0 saturated heterocycles. The van der Waals surface area contributed by atoms with Crippen molar-refractivity contribution in [3.63, 3.8) is 0 Å². The summed E-state index contributed by atoms with van der Waals surface area (Å²) in [4.78, 5) is 0. The van der Waals surface area contributed by atoms with Crippen LogP contribution in [-0.4, -0.2) is 15.3 Å². The van der Waals surface area contributed by atoms with E-state index in [-0.39, 0.29) is 11.6 Å². The number of aromatic amines is 1. The Morgan fingerprint density at radius 3 is 2.46 bits per heavy atom. The number of hydrogen-bond acceptors (Lipinski definition) is 3. The number of rotatable bonds is 5. The molecule has 4 nitrogen and oxygen atoms in total. The van der Waals surface area contributed by atoms with E-state index in [1.807, 2.05) is 24.3 Å². The van der Waals surface area contributed by atoms with E-state index < -0.39 is 21.5 Å². The molecule has 4 rings (SSSR count). The van der Waals surface area contributed by atoms with Gasteiger partial charge in [-0.2, -0.15) is 0 Å². The van der Waals surface area contributed by atoms with E-state index in [9.17, 15) is 9.50 Å². The maximum atomic E-state index is 13.3. The van der Waals surface area contributed by atoms with Gasteiger partial charge in [-0.1, -0.05) is 0 Å². The van der Waals surface area contributed by atoms with Crippen molar-refractivity contribution < 1.29 is 31.0 Å². The number of benzene rings is 2. The van der Waals surface area contributed by atoms with E-state index in [2.05, 4.69) is 19.4 Å². The fourth-order valence-electron chi connectivity index (χ4n) is 3.65. The SMILES string of the molecule is Oc1cccc(N([I-]c2ccc(F)cc2)c2cc(C3CCCCCC3)[nH]n2)c1. The van der Waals surface area contributed by atoms with E-state index in [1.54, 1.807) is 12.1 Å². The minimum absolute atomic E-state index is 0.227. The number of hydrogen-bond donors (Lipinski definition) is 2. The molecule has 28 heavy (non-hydrogen) atoms. The van der Waals surface area contributed by atoms with Gasteiger partial charge in [0.25, 0.3) is 0 Å². The van der Waals surface area contributed by atoms with Crippen LogP contribution in [0.15, 0.2) is 54.6 Å². The Bertz CT molecular complexity index is 904. The molecule has 1 saturated carbocycles. The number of nitrogens with zero attached hydrogens (tertiary/aromatic N) is 2. The summed E-state index contributed by atoms with van der Waals surface area (Å²) in [5.41, 5.74) is 2.10. The Kier molecular flexibility index (Phi) is 6.14. The normalized spacial score (nSPS) is 15.5. The van der Waals surface area contributed by atoms with Crippen molar-refractivity contribution in [2.45, 2.75) is 44.4 Å². The van der Waals surface area contributed by atoms with Gasteiger partial charge in [0.15, 0.2) is 0 Å². The van der Waals surface area contributed by atoms with E-state index in [1.165, 1.54) is 56.4 Å². The van der Waals surface area contributed by atoms with Gasteiger partial charge in [0, 0.05) is 0 Å². The van der Waals surface area contributed by atoms with Crippen LogP contribution in [0.3, 0.4) is 0 Å². The zero-order valence-corrected chi connectivity index (χ0v) is 17.8. The predicted molar refractivity (Wildman–Crippen MR) is 104 cm³/mol. The van der Waals surface area contributed by atoms with Crippen LogP contribution in [0.5, 0.6) is 5.75 Å². The third-order valence-electron chi connectivity index (χ3n) is 5.12. The second kappa shape index (κ2) is 8.94. The Morgan fingerprint density at radius 1 is 1.00 bits per heavy atom. The molecular weight excluding hydrogens is 468 g/mol. The van der Waals surface area contributed by atoms with Gasteiger partial charge in [-0.25, -0.2) is 0 Å². The fourth-order valence-corrected chi connectivity index (χ4v) is 5.96. The van der Waals surface area contributed by atoms with E-state index in [4.69, 9.17) is 0 Å². The molecule has 0 amide bonds. The summed E-state index contributed by atoms with van der Waals surface area (Å²) < 4.78 is 16.6. The summed E-state index contributed by atoms with van der Waals surface area (Å²) >= 11 is -0.660. The molecule has 0 atom stereocenters. The summed E-state index contributed by atoms with van der Waals surface area (Å²) in [5.74, 6) is 1.40. The molecular formula is C22H24FIN3O-. The first-order valence-corrected chi connectivity index (χ1v) is 11.8. The number of nitrogens with one attached hydrogen (secondary N) is 1. The van der Waals surface area contributed by atoms with Crippen LogP contribution in [0.4, 0.5) is 15.9 Å². The summed E-state index contributed by atoms with van der Waals surface area (Å²) in [5, 5.41) is 17.8. The Hall–Kier alpha value is -2.09. The second-order valence-corrected chi connectivity index (χ2v) is 9.88. The van der Waals surface area contributed by atoms with Gasteiger partial charge < -0.3 is 0 Å². The molecule has 148 valence electrons. The van der Waals surface area contributed by atoms with Crippen LogP contribution >= 0.6 is 0 Å². The number of H-pyrrole nitrogens is 1. The molecule has 0 spiro atoms. The molecule has 3 aromatic rings. The van der Waals surface area contributed by atoms with Gasteiger partial charge in [-0.05, 0) is 0 Å². The number of anilines is 2. The Labute approximate surface area is 175 Å². The molecule has 2 N–H and O–H groups in total. The summed E-state index contributed by atoms with van der Waals surface area (Å²) in [7, 11) is 0. The van der Waals surface area contributed by atoms with E-state index in [0.29, 0.717) is 5.92 Å². The molecule has 1 aliphatic carbocycles. The van der Waals surface area contributed by atoms with Crippen LogP contribution in [0.25, 0.3) is 0 Å². The molecule has 0 radical (unpaired) electrons. The standard InChI is InChI=1S/C22H24FIN3O/c23-17-10-12-18(13-11-17)24-27(19-8-5-9-20(28)14-19)22-15-21(25-26-22)16-6-3-1-2-4-7-16/h5,8-16,28H,1-4,6-7H2,(H,25,26)/q-1. The predicted octanol–water partition coefficient (Wildman–Crippen LogP) is 2.70. The van der Waals surface area contributed by atoms with Crippen molar-refractivity contribution in [1.82, 2.24) is 10.2 Å². The first-order chi connectivity index (χ1) is 13.7. The van der Waals surface area contributed by atoms with Gasteiger partial charge in [0.2, 0.25) is 0 Å². The molecule has 2 aromatic carbocycles. The van der Waals surface area contributed by atoms with Crippen molar-refractivity contribution in [3.8, 4) is 5.75 Å². The number of phenolic OH excluding ortho intramolecular Hbond substituents is 1. The topological polar surface area (TPSA) is 52.1 Å². The van der Waals surface area contributed by atoms with Crippen molar-refractivity contribution in [1.29, 1.82) is 0 Å². The quantitative estimate of drug-likeness (QED) is 0.327. The number of phenols is 1. The van der Waals surface area contributed by atoms with E-state index in [0.717, 1.165) is 15.1 Å². The molecule has 1 aliphatic rings. The van der Waals surface area contributed by atoms with Gasteiger partial charge in [-0.15, -0.1) is 0 Å². The maximum absolute atomic E-state index is 13.3. The fraction of sp³-hybridized carbons (Fsp3) is 0.318. The number of aromatic hydroxyl groups is 1. The zero-order valence-electron chi connectivity index (χ0n) is 15.6. The van der Waals surface area contributed by atoms with Crippen LogP contribution in [0.2, 0.25) is 0 Å². The molecule has 0 aliphatic heterocycles. The first-order valence-electron chi connectivity index (χ1n) is 9.74. The third kappa shape index (κ3) is 4.66. The first kappa shape index (κ1) is 19.2. The van der Waals surface area contributed by atoms with Gasteiger partial charge in [0.05, 0.1) is 0 Å². The Balaban J connectivity index is 1.64. The number of aromatic nitrogens is 2. The monoisotopic (exact) mass is 492 g/mol. The van der Waals surface area contributed by atoms with E-state index >= 15 is 0 Å². The molecule has 1 heterocycles. The zero-order chi connectivity index (χ0) is 19.3. The van der Waals surface area contributed by atoms with Gasteiger partial charge >= 0.3 is 176 Å². The summed E-state index contributed by atoms with van der Waals surface area (Å²) in [6, 6.07) is 16.0. The Morgan fingerprint density at radius 2 is 1.75 bits per heavy atom. The van der Waals surface area contributed by atoms with Crippen LogP contribution in [-0.2, 0) is 0 Å².